The van der Waals surface area contributed by atoms with Crippen molar-refractivity contribution in [2.24, 2.45) is 0 Å². The normalized spacial score (nSPS) is 27.8. The zero-order valence-electron chi connectivity index (χ0n) is 7.81. The van der Waals surface area contributed by atoms with Gasteiger partial charge in [0.15, 0.2) is 0 Å². The lowest BCUT2D eigenvalue weighted by molar-refractivity contribution is 0.192. The summed E-state index contributed by atoms with van der Waals surface area (Å²) in [6.07, 6.45) is 0.595. The SMILES string of the molecule is Cc1ccccc1[C@@]1(F)CCNC1. The molecule has 70 valence electrons. The van der Waals surface area contributed by atoms with Crippen LogP contribution in [0.4, 0.5) is 4.39 Å². The third-order valence-corrected chi connectivity index (χ3v) is 2.73. The molecule has 0 aliphatic carbocycles. The molecular weight excluding hydrogens is 165 g/mol. The van der Waals surface area contributed by atoms with Crippen LogP contribution in [0.3, 0.4) is 0 Å². The van der Waals surface area contributed by atoms with Gasteiger partial charge in [-0.25, -0.2) is 4.39 Å². The highest BCUT2D eigenvalue weighted by molar-refractivity contribution is 5.32. The molecule has 1 aliphatic heterocycles. The summed E-state index contributed by atoms with van der Waals surface area (Å²) in [4.78, 5) is 0. The molecular formula is C11H14FN. The van der Waals surface area contributed by atoms with Crippen molar-refractivity contribution < 1.29 is 4.39 Å². The first kappa shape index (κ1) is 8.70. The molecule has 1 atom stereocenters. The number of halogens is 1. The van der Waals surface area contributed by atoms with E-state index in [2.05, 4.69) is 5.32 Å². The molecule has 1 aliphatic rings. The van der Waals surface area contributed by atoms with Gasteiger partial charge in [0.2, 0.25) is 0 Å². The fourth-order valence-corrected chi connectivity index (χ4v) is 1.97. The second-order valence-corrected chi connectivity index (χ2v) is 3.71. The van der Waals surface area contributed by atoms with Crippen molar-refractivity contribution in [3.05, 3.63) is 35.4 Å². The van der Waals surface area contributed by atoms with E-state index in [1.165, 1.54) is 0 Å². The molecule has 2 heteroatoms. The van der Waals surface area contributed by atoms with Gasteiger partial charge in [-0.1, -0.05) is 24.3 Å². The fourth-order valence-electron chi connectivity index (χ4n) is 1.97. The van der Waals surface area contributed by atoms with Crippen molar-refractivity contribution >= 4 is 0 Å². The zero-order chi connectivity index (χ0) is 9.31. The van der Waals surface area contributed by atoms with Crippen LogP contribution in [0, 0.1) is 6.92 Å². The second-order valence-electron chi connectivity index (χ2n) is 3.71. The standard InChI is InChI=1S/C11H14FN/c1-9-4-2-3-5-10(9)11(12)6-7-13-8-11/h2-5,13H,6-8H2,1H3/t11-/m1/s1. The predicted octanol–water partition coefficient (Wildman–Crippen LogP) is 2.15. The van der Waals surface area contributed by atoms with Crippen molar-refractivity contribution in [2.45, 2.75) is 19.0 Å². The van der Waals surface area contributed by atoms with E-state index in [4.69, 9.17) is 0 Å². The maximum atomic E-state index is 14.2. The van der Waals surface area contributed by atoms with Crippen LogP contribution in [-0.2, 0) is 5.67 Å². The Morgan fingerprint density at radius 3 is 2.77 bits per heavy atom. The van der Waals surface area contributed by atoms with Gasteiger partial charge in [-0.2, -0.15) is 0 Å². The highest BCUT2D eigenvalue weighted by Gasteiger charge is 2.36. The summed E-state index contributed by atoms with van der Waals surface area (Å²) in [5.74, 6) is 0. The van der Waals surface area contributed by atoms with Gasteiger partial charge in [0.25, 0.3) is 0 Å². The van der Waals surface area contributed by atoms with Crippen molar-refractivity contribution in [1.29, 1.82) is 0 Å². The van der Waals surface area contributed by atoms with Gasteiger partial charge in [0, 0.05) is 6.54 Å². The van der Waals surface area contributed by atoms with Gasteiger partial charge in [-0.15, -0.1) is 0 Å². The van der Waals surface area contributed by atoms with Gasteiger partial charge in [-0.3, -0.25) is 0 Å². The maximum Gasteiger partial charge on any atom is 0.149 e. The van der Waals surface area contributed by atoms with E-state index in [1.54, 1.807) is 0 Å². The topological polar surface area (TPSA) is 12.0 Å². The minimum Gasteiger partial charge on any atom is -0.313 e. The molecule has 1 saturated heterocycles. The first-order valence-electron chi connectivity index (χ1n) is 4.68. The van der Waals surface area contributed by atoms with E-state index in [0.717, 1.165) is 17.7 Å². The molecule has 0 spiro atoms. The van der Waals surface area contributed by atoms with E-state index in [-0.39, 0.29) is 0 Å². The third kappa shape index (κ3) is 1.46. The van der Waals surface area contributed by atoms with Crippen LogP contribution in [0.2, 0.25) is 0 Å². The summed E-state index contributed by atoms with van der Waals surface area (Å²) in [6, 6.07) is 7.71. The first-order valence-corrected chi connectivity index (χ1v) is 4.68. The Labute approximate surface area is 78.0 Å². The Morgan fingerprint density at radius 1 is 1.38 bits per heavy atom. The fraction of sp³-hybridized carbons (Fsp3) is 0.455. The molecule has 1 aromatic carbocycles. The molecule has 1 heterocycles. The lowest BCUT2D eigenvalue weighted by Crippen LogP contribution is -2.24. The van der Waals surface area contributed by atoms with Crippen LogP contribution < -0.4 is 5.32 Å². The average molecular weight is 179 g/mol. The van der Waals surface area contributed by atoms with Crippen molar-refractivity contribution in [3.8, 4) is 0 Å². The number of benzene rings is 1. The monoisotopic (exact) mass is 179 g/mol. The van der Waals surface area contributed by atoms with E-state index in [1.807, 2.05) is 31.2 Å². The molecule has 1 nitrogen and oxygen atoms in total. The highest BCUT2D eigenvalue weighted by atomic mass is 19.1. The Morgan fingerprint density at radius 2 is 2.15 bits per heavy atom. The van der Waals surface area contributed by atoms with Crippen LogP contribution in [0.5, 0.6) is 0 Å². The maximum absolute atomic E-state index is 14.2. The molecule has 0 saturated carbocycles. The molecule has 0 unspecified atom stereocenters. The van der Waals surface area contributed by atoms with Crippen LogP contribution in [0.25, 0.3) is 0 Å². The van der Waals surface area contributed by atoms with Crippen molar-refractivity contribution in [3.63, 3.8) is 0 Å². The first-order chi connectivity index (χ1) is 6.22. The van der Waals surface area contributed by atoms with Gasteiger partial charge in [0.1, 0.15) is 5.67 Å². The molecule has 1 N–H and O–H groups in total. The number of aryl methyl sites for hydroxylation is 1. The Kier molecular flexibility index (Phi) is 2.08. The summed E-state index contributed by atoms with van der Waals surface area (Å²) in [6.45, 7) is 3.21. The number of rotatable bonds is 1. The molecule has 2 rings (SSSR count). The second kappa shape index (κ2) is 3.11. The summed E-state index contributed by atoms with van der Waals surface area (Å²) < 4.78 is 14.2. The lowest BCUT2D eigenvalue weighted by atomic mass is 9.91. The van der Waals surface area contributed by atoms with E-state index >= 15 is 0 Å². The summed E-state index contributed by atoms with van der Waals surface area (Å²) in [7, 11) is 0. The number of nitrogens with one attached hydrogen (secondary N) is 1. The molecule has 0 radical (unpaired) electrons. The van der Waals surface area contributed by atoms with Gasteiger partial charge in [0.05, 0.1) is 0 Å². The van der Waals surface area contributed by atoms with E-state index in [0.29, 0.717) is 13.0 Å². The van der Waals surface area contributed by atoms with Crippen LogP contribution in [0.1, 0.15) is 17.5 Å². The Balaban J connectivity index is 2.39. The van der Waals surface area contributed by atoms with Crippen LogP contribution in [-0.4, -0.2) is 13.1 Å². The third-order valence-electron chi connectivity index (χ3n) is 2.73. The van der Waals surface area contributed by atoms with Gasteiger partial charge >= 0.3 is 0 Å². The number of alkyl halides is 1. The van der Waals surface area contributed by atoms with Crippen molar-refractivity contribution in [1.82, 2.24) is 5.32 Å². The smallest absolute Gasteiger partial charge is 0.149 e. The molecule has 13 heavy (non-hydrogen) atoms. The number of hydrogen-bond acceptors (Lipinski definition) is 1. The predicted molar refractivity (Wildman–Crippen MR) is 51.5 cm³/mol. The number of hydrogen-bond donors (Lipinski definition) is 1. The molecule has 0 bridgehead atoms. The Bertz CT molecular complexity index is 303. The Hall–Kier alpha value is -0.890. The average Bonchev–Trinajstić information content (AvgIpc) is 2.54. The van der Waals surface area contributed by atoms with Crippen molar-refractivity contribution in [2.75, 3.05) is 13.1 Å². The van der Waals surface area contributed by atoms with Gasteiger partial charge < -0.3 is 5.32 Å². The summed E-state index contributed by atoms with van der Waals surface area (Å²) >= 11 is 0. The van der Waals surface area contributed by atoms with E-state index < -0.39 is 5.67 Å². The summed E-state index contributed by atoms with van der Waals surface area (Å²) in [5, 5.41) is 3.06. The molecule has 1 aromatic rings. The minimum absolute atomic E-state index is 0.456. The lowest BCUT2D eigenvalue weighted by Gasteiger charge is -2.20. The minimum atomic E-state index is -1.13. The van der Waals surface area contributed by atoms with Crippen LogP contribution in [0.15, 0.2) is 24.3 Å². The quantitative estimate of drug-likeness (QED) is 0.696. The summed E-state index contributed by atoms with van der Waals surface area (Å²) in [5.41, 5.74) is 0.763. The molecule has 0 aromatic heterocycles. The zero-order valence-corrected chi connectivity index (χ0v) is 7.81. The van der Waals surface area contributed by atoms with Crippen LogP contribution >= 0.6 is 0 Å². The van der Waals surface area contributed by atoms with E-state index in [9.17, 15) is 4.39 Å². The highest BCUT2D eigenvalue weighted by Crippen LogP contribution is 2.33. The largest absolute Gasteiger partial charge is 0.313 e. The molecule has 1 fully saturated rings. The van der Waals surface area contributed by atoms with Gasteiger partial charge in [-0.05, 0) is 31.0 Å². The molecule has 0 amide bonds.